The van der Waals surface area contributed by atoms with E-state index in [4.69, 9.17) is 19.3 Å². The minimum atomic E-state index is -0.848. The van der Waals surface area contributed by atoms with Crippen molar-refractivity contribution in [1.82, 2.24) is 0 Å². The van der Waals surface area contributed by atoms with Crippen molar-refractivity contribution in [2.45, 2.75) is 12.8 Å². The number of carboxylic acids is 1. The van der Waals surface area contributed by atoms with Crippen LogP contribution in [0.1, 0.15) is 23.2 Å². The Morgan fingerprint density at radius 1 is 1.04 bits per heavy atom. The zero-order chi connectivity index (χ0) is 18.9. The summed E-state index contributed by atoms with van der Waals surface area (Å²) in [6.07, 6.45) is 0.500. The van der Waals surface area contributed by atoms with Gasteiger partial charge in [0, 0.05) is 12.1 Å². The van der Waals surface area contributed by atoms with Crippen molar-refractivity contribution in [3.05, 3.63) is 48.0 Å². The maximum atomic E-state index is 12.5. The highest BCUT2D eigenvalue weighted by Crippen LogP contribution is 2.31. The van der Waals surface area contributed by atoms with Crippen molar-refractivity contribution < 1.29 is 28.9 Å². The number of anilines is 1. The molecule has 0 aliphatic rings. The second-order valence-corrected chi connectivity index (χ2v) is 5.37. The van der Waals surface area contributed by atoms with Crippen LogP contribution in [0.25, 0.3) is 0 Å². The molecule has 2 rings (SSSR count). The van der Waals surface area contributed by atoms with Crippen LogP contribution in [0.2, 0.25) is 0 Å². The molecule has 0 heterocycles. The number of carboxylic acid groups (broad SMARTS) is 1. The molecule has 2 aromatic carbocycles. The Labute approximate surface area is 151 Å². The monoisotopic (exact) mass is 359 g/mol. The van der Waals surface area contributed by atoms with Crippen molar-refractivity contribution in [1.29, 1.82) is 0 Å². The van der Waals surface area contributed by atoms with Gasteiger partial charge in [-0.2, -0.15) is 0 Å². The lowest BCUT2D eigenvalue weighted by Crippen LogP contribution is -2.13. The lowest BCUT2D eigenvalue weighted by molar-refractivity contribution is -0.137. The molecule has 138 valence electrons. The number of methoxy groups -OCH3 is 2. The van der Waals surface area contributed by atoms with E-state index in [0.29, 0.717) is 41.5 Å². The van der Waals surface area contributed by atoms with Crippen LogP contribution >= 0.6 is 0 Å². The van der Waals surface area contributed by atoms with E-state index in [-0.39, 0.29) is 12.3 Å². The maximum Gasteiger partial charge on any atom is 0.303 e. The van der Waals surface area contributed by atoms with Crippen LogP contribution in [0.3, 0.4) is 0 Å². The molecular weight excluding hydrogens is 338 g/mol. The number of nitrogens with one attached hydrogen (secondary N) is 1. The van der Waals surface area contributed by atoms with Gasteiger partial charge in [0.25, 0.3) is 5.91 Å². The van der Waals surface area contributed by atoms with Gasteiger partial charge in [-0.1, -0.05) is 6.07 Å². The summed E-state index contributed by atoms with van der Waals surface area (Å²) in [5.74, 6) is 0.277. The smallest absolute Gasteiger partial charge is 0.303 e. The fourth-order valence-electron chi connectivity index (χ4n) is 2.31. The molecule has 0 aliphatic carbocycles. The summed E-state index contributed by atoms with van der Waals surface area (Å²) in [7, 11) is 2.99. The molecule has 7 nitrogen and oxygen atoms in total. The predicted molar refractivity (Wildman–Crippen MR) is 96.3 cm³/mol. The van der Waals surface area contributed by atoms with Crippen molar-refractivity contribution in [2.75, 3.05) is 26.1 Å². The molecule has 0 aliphatic heterocycles. The number of carbonyl (C=O) groups excluding carboxylic acids is 1. The molecule has 2 N–H and O–H groups in total. The number of hydrogen-bond donors (Lipinski definition) is 2. The number of para-hydroxylation sites is 1. The number of aliphatic carboxylic acids is 1. The number of ether oxygens (including phenoxy) is 3. The molecule has 0 fully saturated rings. The topological polar surface area (TPSA) is 94.1 Å². The quantitative estimate of drug-likeness (QED) is 0.668. The Hall–Kier alpha value is -3.22. The van der Waals surface area contributed by atoms with Gasteiger partial charge in [0.1, 0.15) is 5.75 Å². The maximum absolute atomic E-state index is 12.5. The number of carbonyl (C=O) groups is 2. The van der Waals surface area contributed by atoms with Crippen LogP contribution in [-0.4, -0.2) is 37.8 Å². The number of rotatable bonds is 9. The second-order valence-electron chi connectivity index (χ2n) is 5.37. The van der Waals surface area contributed by atoms with E-state index in [2.05, 4.69) is 5.32 Å². The summed E-state index contributed by atoms with van der Waals surface area (Å²) in [6.45, 7) is 0.318. The van der Waals surface area contributed by atoms with Crippen LogP contribution in [0.4, 0.5) is 5.69 Å². The molecule has 26 heavy (non-hydrogen) atoms. The molecule has 7 heteroatoms. The Kier molecular flexibility index (Phi) is 6.84. The molecule has 0 radical (unpaired) electrons. The van der Waals surface area contributed by atoms with E-state index in [9.17, 15) is 9.59 Å². The third-order valence-electron chi connectivity index (χ3n) is 3.56. The minimum Gasteiger partial charge on any atom is -0.494 e. The van der Waals surface area contributed by atoms with Gasteiger partial charge in [0.15, 0.2) is 11.5 Å². The largest absolute Gasteiger partial charge is 0.494 e. The molecule has 0 aromatic heterocycles. The number of benzene rings is 2. The lowest BCUT2D eigenvalue weighted by Gasteiger charge is -2.13. The zero-order valence-electron chi connectivity index (χ0n) is 14.7. The SMILES string of the molecule is COc1cccc(C(=O)Nc2ccc(OCCCC(=O)O)cc2)c1OC. The fourth-order valence-corrected chi connectivity index (χ4v) is 2.31. The van der Waals surface area contributed by atoms with Gasteiger partial charge < -0.3 is 24.6 Å². The van der Waals surface area contributed by atoms with Crippen LogP contribution in [0.5, 0.6) is 17.2 Å². The highest BCUT2D eigenvalue weighted by Gasteiger charge is 2.16. The minimum absolute atomic E-state index is 0.0660. The van der Waals surface area contributed by atoms with Gasteiger partial charge in [-0.25, -0.2) is 0 Å². The molecule has 0 unspecified atom stereocenters. The second kappa shape index (κ2) is 9.31. The first kappa shape index (κ1) is 19.1. The highest BCUT2D eigenvalue weighted by atomic mass is 16.5. The summed E-state index contributed by atoms with van der Waals surface area (Å²) < 4.78 is 15.9. The predicted octanol–water partition coefficient (Wildman–Crippen LogP) is 3.20. The van der Waals surface area contributed by atoms with E-state index in [0.717, 1.165) is 0 Å². The van der Waals surface area contributed by atoms with Crippen molar-refractivity contribution >= 4 is 17.6 Å². The van der Waals surface area contributed by atoms with Crippen molar-refractivity contribution in [2.24, 2.45) is 0 Å². The highest BCUT2D eigenvalue weighted by molar-refractivity contribution is 6.06. The molecule has 0 saturated carbocycles. The number of amides is 1. The standard InChI is InChI=1S/C19H21NO6/c1-24-16-6-3-5-15(18(16)25-2)19(23)20-13-8-10-14(11-9-13)26-12-4-7-17(21)22/h3,5-6,8-11H,4,7,12H2,1-2H3,(H,20,23)(H,21,22). The first-order valence-corrected chi connectivity index (χ1v) is 8.02. The summed E-state index contributed by atoms with van der Waals surface area (Å²) in [6, 6.07) is 11.9. The lowest BCUT2D eigenvalue weighted by atomic mass is 10.1. The Morgan fingerprint density at radius 3 is 2.38 bits per heavy atom. The van der Waals surface area contributed by atoms with Gasteiger partial charge in [0.2, 0.25) is 0 Å². The van der Waals surface area contributed by atoms with Crippen molar-refractivity contribution in [3.8, 4) is 17.2 Å². The first-order chi connectivity index (χ1) is 12.5. The third kappa shape index (κ3) is 5.14. The average molecular weight is 359 g/mol. The molecular formula is C19H21NO6. The summed E-state index contributed by atoms with van der Waals surface area (Å²) in [5.41, 5.74) is 0.957. The molecule has 0 atom stereocenters. The van der Waals surface area contributed by atoms with E-state index >= 15 is 0 Å². The van der Waals surface area contributed by atoms with Crippen LogP contribution in [0, 0.1) is 0 Å². The van der Waals surface area contributed by atoms with Gasteiger partial charge >= 0.3 is 5.97 Å². The Balaban J connectivity index is 1.98. The molecule has 1 amide bonds. The Bertz CT molecular complexity index is 757. The summed E-state index contributed by atoms with van der Waals surface area (Å²) >= 11 is 0. The number of hydrogen-bond acceptors (Lipinski definition) is 5. The summed E-state index contributed by atoms with van der Waals surface area (Å²) in [4.78, 5) is 22.9. The van der Waals surface area contributed by atoms with Gasteiger partial charge in [-0.15, -0.1) is 0 Å². The van der Waals surface area contributed by atoms with Gasteiger partial charge in [-0.05, 0) is 42.8 Å². The van der Waals surface area contributed by atoms with Gasteiger partial charge in [-0.3, -0.25) is 9.59 Å². The van der Waals surface area contributed by atoms with E-state index in [1.165, 1.54) is 14.2 Å². The molecule has 0 spiro atoms. The zero-order valence-corrected chi connectivity index (χ0v) is 14.7. The van der Waals surface area contributed by atoms with Crippen molar-refractivity contribution in [3.63, 3.8) is 0 Å². The average Bonchev–Trinajstić information content (AvgIpc) is 2.65. The van der Waals surface area contributed by atoms with Crippen LogP contribution in [0.15, 0.2) is 42.5 Å². The first-order valence-electron chi connectivity index (χ1n) is 8.02. The van der Waals surface area contributed by atoms with Gasteiger partial charge in [0.05, 0.1) is 26.4 Å². The van der Waals surface area contributed by atoms with E-state index in [1.54, 1.807) is 42.5 Å². The van der Waals surface area contributed by atoms with Crippen LogP contribution < -0.4 is 19.5 Å². The third-order valence-corrected chi connectivity index (χ3v) is 3.56. The molecule has 0 bridgehead atoms. The molecule has 0 saturated heterocycles. The van der Waals surface area contributed by atoms with Crippen LogP contribution in [-0.2, 0) is 4.79 Å². The van der Waals surface area contributed by atoms with E-state index < -0.39 is 5.97 Å². The fraction of sp³-hybridized carbons (Fsp3) is 0.263. The molecule has 2 aromatic rings. The van der Waals surface area contributed by atoms with E-state index in [1.807, 2.05) is 0 Å². The Morgan fingerprint density at radius 2 is 1.77 bits per heavy atom. The normalized spacial score (nSPS) is 10.1. The summed E-state index contributed by atoms with van der Waals surface area (Å²) in [5, 5.41) is 11.4.